The molecule has 1 aliphatic rings. The zero-order valence-corrected chi connectivity index (χ0v) is 9.45. The number of aromatic carboxylic acids is 1. The fourth-order valence-electron chi connectivity index (χ4n) is 2.16. The number of carboxylic acid groups (broad SMARTS) is 1. The van der Waals surface area contributed by atoms with Gasteiger partial charge in [-0.25, -0.2) is 4.79 Å². The molecule has 1 aliphatic carbocycles. The Labute approximate surface area is 93.9 Å². The van der Waals surface area contributed by atoms with E-state index >= 15 is 0 Å². The normalized spacial score (nSPS) is 17.9. The van der Waals surface area contributed by atoms with Crippen LogP contribution < -0.4 is 0 Å². The summed E-state index contributed by atoms with van der Waals surface area (Å²) in [5.74, 6) is -1.23. The van der Waals surface area contributed by atoms with Crippen LogP contribution in [0.3, 0.4) is 0 Å². The first kappa shape index (κ1) is 10.9. The molecule has 0 aromatic carbocycles. The van der Waals surface area contributed by atoms with Gasteiger partial charge in [0.1, 0.15) is 11.3 Å². The lowest BCUT2D eigenvalue weighted by Crippen LogP contribution is -2.23. The van der Waals surface area contributed by atoms with Gasteiger partial charge >= 0.3 is 5.97 Å². The van der Waals surface area contributed by atoms with Gasteiger partial charge in [0.15, 0.2) is 0 Å². The van der Waals surface area contributed by atoms with E-state index in [4.69, 9.17) is 5.11 Å². The molecule has 0 radical (unpaired) electrons. The fraction of sp³-hybridized carbons (Fsp3) is 0.500. The number of aromatic hydroxyl groups is 1. The molecule has 0 saturated heterocycles. The highest BCUT2D eigenvalue weighted by Crippen LogP contribution is 2.38. The van der Waals surface area contributed by atoms with Gasteiger partial charge in [-0.05, 0) is 24.7 Å². The fourth-order valence-corrected chi connectivity index (χ4v) is 2.16. The Bertz CT molecular complexity index is 452. The Hall–Kier alpha value is -1.58. The van der Waals surface area contributed by atoms with E-state index < -0.39 is 5.97 Å². The monoisotopic (exact) mass is 221 g/mol. The summed E-state index contributed by atoms with van der Waals surface area (Å²) in [6.45, 7) is 4.23. The van der Waals surface area contributed by atoms with Gasteiger partial charge in [0.25, 0.3) is 0 Å². The van der Waals surface area contributed by atoms with Crippen molar-refractivity contribution in [2.24, 2.45) is 5.41 Å². The summed E-state index contributed by atoms with van der Waals surface area (Å²) in [7, 11) is 0. The van der Waals surface area contributed by atoms with Crippen molar-refractivity contribution >= 4 is 5.97 Å². The van der Waals surface area contributed by atoms with Gasteiger partial charge in [0, 0.05) is 17.5 Å². The Morgan fingerprint density at radius 1 is 1.50 bits per heavy atom. The topological polar surface area (TPSA) is 70.4 Å². The maximum atomic E-state index is 10.9. The summed E-state index contributed by atoms with van der Waals surface area (Å²) < 4.78 is 0. The molecule has 0 fully saturated rings. The summed E-state index contributed by atoms with van der Waals surface area (Å²) >= 11 is 0. The van der Waals surface area contributed by atoms with Gasteiger partial charge in [-0.2, -0.15) is 0 Å². The highest BCUT2D eigenvalue weighted by molar-refractivity contribution is 5.91. The van der Waals surface area contributed by atoms with Crippen LogP contribution in [0.2, 0.25) is 0 Å². The van der Waals surface area contributed by atoms with Crippen LogP contribution in [0.15, 0.2) is 6.20 Å². The Balaban J connectivity index is 2.52. The molecule has 4 nitrogen and oxygen atoms in total. The second-order valence-electron chi connectivity index (χ2n) is 5.09. The lowest BCUT2D eigenvalue weighted by atomic mass is 9.75. The average Bonchev–Trinajstić information content (AvgIpc) is 2.18. The number of rotatable bonds is 1. The van der Waals surface area contributed by atoms with Crippen LogP contribution in [-0.2, 0) is 12.8 Å². The van der Waals surface area contributed by atoms with Gasteiger partial charge in [-0.3, -0.25) is 4.98 Å². The number of aromatic nitrogens is 1. The van der Waals surface area contributed by atoms with Gasteiger partial charge < -0.3 is 10.2 Å². The molecule has 1 aromatic rings. The lowest BCUT2D eigenvalue weighted by molar-refractivity contribution is 0.0692. The molecule has 2 N–H and O–H groups in total. The standard InChI is InChI=1S/C12H15NO3/c1-12(2)4-3-9-7(5-12)10(14)8(6-13-9)11(15)16/h6H,3-5H2,1-2H3,(H,13,14)(H,15,16). The molecule has 2 rings (SSSR count). The maximum Gasteiger partial charge on any atom is 0.341 e. The number of pyridine rings is 1. The zero-order chi connectivity index (χ0) is 11.9. The van der Waals surface area contributed by atoms with Crippen LogP contribution in [-0.4, -0.2) is 21.2 Å². The highest BCUT2D eigenvalue weighted by atomic mass is 16.4. The van der Waals surface area contributed by atoms with Crippen molar-refractivity contribution in [3.05, 3.63) is 23.0 Å². The summed E-state index contributed by atoms with van der Waals surface area (Å²) in [5.41, 5.74) is 1.54. The van der Waals surface area contributed by atoms with Crippen LogP contribution in [0.5, 0.6) is 5.75 Å². The molecule has 0 amide bonds. The molecule has 1 aromatic heterocycles. The average molecular weight is 221 g/mol. The van der Waals surface area contributed by atoms with Gasteiger partial charge in [-0.15, -0.1) is 0 Å². The van der Waals surface area contributed by atoms with Crippen molar-refractivity contribution in [1.29, 1.82) is 0 Å². The molecule has 0 bridgehead atoms. The number of nitrogens with zero attached hydrogens (tertiary/aromatic N) is 1. The first-order chi connectivity index (χ1) is 7.41. The Morgan fingerprint density at radius 3 is 2.81 bits per heavy atom. The smallest absolute Gasteiger partial charge is 0.341 e. The maximum absolute atomic E-state index is 10.9. The number of hydrogen-bond donors (Lipinski definition) is 2. The number of carboxylic acids is 1. The third kappa shape index (κ3) is 1.75. The third-order valence-electron chi connectivity index (χ3n) is 3.16. The summed E-state index contributed by atoms with van der Waals surface area (Å²) in [5, 5.41) is 18.8. The molecule has 4 heteroatoms. The van der Waals surface area contributed by atoms with Crippen molar-refractivity contribution in [3.8, 4) is 5.75 Å². The van der Waals surface area contributed by atoms with E-state index in [-0.39, 0.29) is 16.7 Å². The number of fused-ring (bicyclic) bond motifs is 1. The minimum Gasteiger partial charge on any atom is -0.507 e. The lowest BCUT2D eigenvalue weighted by Gasteiger charge is -2.31. The first-order valence-electron chi connectivity index (χ1n) is 5.34. The van der Waals surface area contributed by atoms with Crippen molar-refractivity contribution < 1.29 is 15.0 Å². The van der Waals surface area contributed by atoms with E-state index in [1.807, 2.05) is 0 Å². The van der Waals surface area contributed by atoms with Crippen molar-refractivity contribution in [2.45, 2.75) is 33.1 Å². The Morgan fingerprint density at radius 2 is 2.19 bits per heavy atom. The predicted octanol–water partition coefficient (Wildman–Crippen LogP) is 2.00. The quantitative estimate of drug-likeness (QED) is 0.761. The van der Waals surface area contributed by atoms with E-state index in [1.54, 1.807) is 0 Å². The largest absolute Gasteiger partial charge is 0.507 e. The Kier molecular flexibility index (Phi) is 2.37. The van der Waals surface area contributed by atoms with Gasteiger partial charge in [-0.1, -0.05) is 13.8 Å². The SMILES string of the molecule is CC1(C)CCc2ncc(C(=O)O)c(O)c2C1. The molecule has 0 spiro atoms. The van der Waals surface area contributed by atoms with Crippen LogP contribution in [0.4, 0.5) is 0 Å². The second kappa shape index (κ2) is 3.47. The molecule has 0 unspecified atom stereocenters. The molecule has 0 aliphatic heterocycles. The number of hydrogen-bond acceptors (Lipinski definition) is 3. The molecule has 1 heterocycles. The summed E-state index contributed by atoms with van der Waals surface area (Å²) in [4.78, 5) is 15.0. The minimum atomic E-state index is -1.13. The molecule has 0 atom stereocenters. The van der Waals surface area contributed by atoms with Crippen LogP contribution >= 0.6 is 0 Å². The number of aryl methyl sites for hydroxylation is 1. The van der Waals surface area contributed by atoms with Gasteiger partial charge in [0.05, 0.1) is 0 Å². The molecular formula is C12H15NO3. The van der Waals surface area contributed by atoms with E-state index in [0.717, 1.165) is 18.5 Å². The van der Waals surface area contributed by atoms with Crippen molar-refractivity contribution in [1.82, 2.24) is 4.98 Å². The minimum absolute atomic E-state index is 0.100. The van der Waals surface area contributed by atoms with E-state index in [2.05, 4.69) is 18.8 Å². The van der Waals surface area contributed by atoms with E-state index in [0.29, 0.717) is 12.0 Å². The van der Waals surface area contributed by atoms with Crippen molar-refractivity contribution in [3.63, 3.8) is 0 Å². The van der Waals surface area contributed by atoms with Crippen LogP contribution in [0, 0.1) is 5.41 Å². The predicted molar refractivity (Wildman–Crippen MR) is 58.7 cm³/mol. The molecule has 16 heavy (non-hydrogen) atoms. The first-order valence-corrected chi connectivity index (χ1v) is 5.34. The van der Waals surface area contributed by atoms with E-state index in [9.17, 15) is 9.90 Å². The zero-order valence-electron chi connectivity index (χ0n) is 9.45. The van der Waals surface area contributed by atoms with E-state index in [1.165, 1.54) is 6.20 Å². The van der Waals surface area contributed by atoms with Crippen LogP contribution in [0.25, 0.3) is 0 Å². The van der Waals surface area contributed by atoms with Crippen molar-refractivity contribution in [2.75, 3.05) is 0 Å². The molecule has 0 saturated carbocycles. The summed E-state index contributed by atoms with van der Waals surface area (Å²) in [6.07, 6.45) is 3.74. The molecule has 86 valence electrons. The number of carbonyl (C=O) groups is 1. The summed E-state index contributed by atoms with van der Waals surface area (Å²) in [6, 6.07) is 0. The van der Waals surface area contributed by atoms with Crippen LogP contribution in [0.1, 0.15) is 41.9 Å². The highest BCUT2D eigenvalue weighted by Gasteiger charge is 2.29. The second-order valence-corrected chi connectivity index (χ2v) is 5.09. The van der Waals surface area contributed by atoms with Gasteiger partial charge in [0.2, 0.25) is 0 Å². The third-order valence-corrected chi connectivity index (χ3v) is 3.16. The molecular weight excluding hydrogens is 206 g/mol.